The maximum atomic E-state index is 11.8. The number of rotatable bonds is 11. The summed E-state index contributed by atoms with van der Waals surface area (Å²) in [5, 5.41) is 0. The van der Waals surface area contributed by atoms with Gasteiger partial charge in [-0.25, -0.2) is 0 Å². The molecule has 6 heteroatoms. The Morgan fingerprint density at radius 1 is 0.900 bits per heavy atom. The van der Waals surface area contributed by atoms with Crippen molar-refractivity contribution in [3.8, 4) is 0 Å². The van der Waals surface area contributed by atoms with Crippen LogP contribution in [0.5, 0.6) is 0 Å². The number of ether oxygens (including phenoxy) is 2. The molecule has 1 aromatic rings. The fraction of sp³-hybridized carbons (Fsp3) is 0.571. The van der Waals surface area contributed by atoms with E-state index in [4.69, 9.17) is 13.7 Å². The van der Waals surface area contributed by atoms with Crippen molar-refractivity contribution in [1.29, 1.82) is 0 Å². The van der Waals surface area contributed by atoms with Gasteiger partial charge in [-0.05, 0) is 31.9 Å². The average molecular weight is 302 g/mol. The third-order valence-corrected chi connectivity index (χ3v) is 3.86. The van der Waals surface area contributed by atoms with E-state index < -0.39 is 10.1 Å². The van der Waals surface area contributed by atoms with Crippen LogP contribution >= 0.6 is 0 Å². The second-order valence-electron chi connectivity index (χ2n) is 4.11. The average Bonchev–Trinajstić information content (AvgIpc) is 2.46. The predicted molar refractivity (Wildman–Crippen MR) is 76.1 cm³/mol. The minimum Gasteiger partial charge on any atom is -0.379 e. The van der Waals surface area contributed by atoms with Crippen LogP contribution in [-0.4, -0.2) is 41.5 Å². The molecule has 0 aliphatic heterocycles. The molecule has 0 atom stereocenters. The first kappa shape index (κ1) is 17.1. The lowest BCUT2D eigenvalue weighted by molar-refractivity contribution is 0.0505. The minimum absolute atomic E-state index is 0.173. The van der Waals surface area contributed by atoms with Crippen LogP contribution < -0.4 is 0 Å². The Kier molecular flexibility index (Phi) is 8.45. The topological polar surface area (TPSA) is 61.8 Å². The van der Waals surface area contributed by atoms with E-state index in [1.54, 1.807) is 18.2 Å². The summed E-state index contributed by atoms with van der Waals surface area (Å²) in [7, 11) is -3.63. The van der Waals surface area contributed by atoms with Crippen molar-refractivity contribution in [2.45, 2.75) is 24.7 Å². The number of hydrogen-bond acceptors (Lipinski definition) is 5. The number of benzene rings is 1. The molecular weight excluding hydrogens is 280 g/mol. The SMILES string of the molecule is CCOCCOCCCCOS(=O)(=O)c1ccccc1. The first-order valence-electron chi connectivity index (χ1n) is 6.77. The van der Waals surface area contributed by atoms with Gasteiger partial charge in [0.05, 0.1) is 24.7 Å². The molecule has 0 saturated heterocycles. The molecule has 0 unspecified atom stereocenters. The van der Waals surface area contributed by atoms with E-state index >= 15 is 0 Å². The standard InChI is InChI=1S/C14H22O5S/c1-2-17-12-13-18-10-6-7-11-19-20(15,16)14-8-4-3-5-9-14/h3-5,8-9H,2,6-7,10-13H2,1H3. The van der Waals surface area contributed by atoms with E-state index in [2.05, 4.69) is 0 Å². The van der Waals surface area contributed by atoms with Gasteiger partial charge in [-0.1, -0.05) is 18.2 Å². The summed E-state index contributed by atoms with van der Waals surface area (Å²) in [6.45, 7) is 4.54. The third kappa shape index (κ3) is 7.00. The Hall–Kier alpha value is -0.950. The Labute approximate surface area is 121 Å². The van der Waals surface area contributed by atoms with Crippen LogP contribution in [0.1, 0.15) is 19.8 Å². The Morgan fingerprint density at radius 2 is 1.55 bits per heavy atom. The molecule has 0 spiro atoms. The van der Waals surface area contributed by atoms with Gasteiger partial charge in [-0.3, -0.25) is 4.18 Å². The van der Waals surface area contributed by atoms with E-state index in [0.717, 1.165) is 6.42 Å². The van der Waals surface area contributed by atoms with Gasteiger partial charge in [-0.2, -0.15) is 8.42 Å². The van der Waals surface area contributed by atoms with Crippen molar-refractivity contribution in [2.24, 2.45) is 0 Å². The first-order valence-corrected chi connectivity index (χ1v) is 8.17. The van der Waals surface area contributed by atoms with Crippen LogP contribution in [0.15, 0.2) is 35.2 Å². The molecule has 0 radical (unpaired) electrons. The second kappa shape index (κ2) is 9.88. The van der Waals surface area contributed by atoms with Crippen molar-refractivity contribution in [1.82, 2.24) is 0 Å². The van der Waals surface area contributed by atoms with Crippen molar-refractivity contribution in [3.63, 3.8) is 0 Å². The smallest absolute Gasteiger partial charge is 0.296 e. The van der Waals surface area contributed by atoms with Crippen LogP contribution in [0, 0.1) is 0 Å². The van der Waals surface area contributed by atoms with Crippen LogP contribution in [0.4, 0.5) is 0 Å². The molecule has 0 aliphatic rings. The minimum atomic E-state index is -3.63. The van der Waals surface area contributed by atoms with Gasteiger partial charge in [0.15, 0.2) is 0 Å². The lowest BCUT2D eigenvalue weighted by atomic mass is 10.3. The van der Waals surface area contributed by atoms with E-state index in [1.807, 2.05) is 6.92 Å². The van der Waals surface area contributed by atoms with E-state index in [-0.39, 0.29) is 11.5 Å². The highest BCUT2D eigenvalue weighted by Gasteiger charge is 2.13. The van der Waals surface area contributed by atoms with E-state index in [1.165, 1.54) is 12.1 Å². The van der Waals surface area contributed by atoms with Gasteiger partial charge >= 0.3 is 0 Å². The normalized spacial score (nSPS) is 11.7. The zero-order chi connectivity index (χ0) is 14.7. The molecule has 0 aliphatic carbocycles. The van der Waals surface area contributed by atoms with Crippen molar-refractivity contribution < 1.29 is 22.1 Å². The van der Waals surface area contributed by atoms with Crippen LogP contribution in [0.3, 0.4) is 0 Å². The van der Waals surface area contributed by atoms with Gasteiger partial charge in [0.2, 0.25) is 0 Å². The van der Waals surface area contributed by atoms with Crippen molar-refractivity contribution in [2.75, 3.05) is 33.0 Å². The molecule has 1 aromatic carbocycles. The van der Waals surface area contributed by atoms with Crippen molar-refractivity contribution >= 4 is 10.1 Å². The maximum Gasteiger partial charge on any atom is 0.296 e. The maximum absolute atomic E-state index is 11.8. The Balaban J connectivity index is 2.09. The fourth-order valence-corrected chi connectivity index (χ4v) is 2.46. The summed E-state index contributed by atoms with van der Waals surface area (Å²) in [5.74, 6) is 0. The summed E-state index contributed by atoms with van der Waals surface area (Å²) in [6.07, 6.45) is 1.40. The predicted octanol–water partition coefficient (Wildman–Crippen LogP) is 2.23. The lowest BCUT2D eigenvalue weighted by Crippen LogP contribution is -2.09. The fourth-order valence-electron chi connectivity index (χ4n) is 1.49. The van der Waals surface area contributed by atoms with E-state index in [9.17, 15) is 8.42 Å². The largest absolute Gasteiger partial charge is 0.379 e. The molecule has 0 saturated carbocycles. The summed E-state index contributed by atoms with van der Waals surface area (Å²) in [5.41, 5.74) is 0. The van der Waals surface area contributed by atoms with Gasteiger partial charge in [-0.15, -0.1) is 0 Å². The Bertz CT molecular complexity index is 444. The van der Waals surface area contributed by atoms with Gasteiger partial charge in [0.1, 0.15) is 0 Å². The first-order chi connectivity index (χ1) is 9.67. The zero-order valence-corrected chi connectivity index (χ0v) is 12.6. The van der Waals surface area contributed by atoms with Gasteiger partial charge in [0.25, 0.3) is 10.1 Å². The molecule has 1 rings (SSSR count). The highest BCUT2D eigenvalue weighted by atomic mass is 32.2. The summed E-state index contributed by atoms with van der Waals surface area (Å²) >= 11 is 0. The lowest BCUT2D eigenvalue weighted by Gasteiger charge is -2.06. The Morgan fingerprint density at radius 3 is 2.25 bits per heavy atom. The molecule has 20 heavy (non-hydrogen) atoms. The monoisotopic (exact) mass is 302 g/mol. The van der Waals surface area contributed by atoms with Crippen molar-refractivity contribution in [3.05, 3.63) is 30.3 Å². The highest BCUT2D eigenvalue weighted by Crippen LogP contribution is 2.11. The molecule has 0 fully saturated rings. The molecule has 0 amide bonds. The summed E-state index contributed by atoms with van der Waals surface area (Å²) in [4.78, 5) is 0.188. The molecule has 0 bridgehead atoms. The van der Waals surface area contributed by atoms with Crippen LogP contribution in [-0.2, 0) is 23.8 Å². The van der Waals surface area contributed by atoms with Crippen LogP contribution in [0.2, 0.25) is 0 Å². The van der Waals surface area contributed by atoms with E-state index in [0.29, 0.717) is 32.8 Å². The second-order valence-corrected chi connectivity index (χ2v) is 5.72. The van der Waals surface area contributed by atoms with Gasteiger partial charge in [0, 0.05) is 13.2 Å². The summed E-state index contributed by atoms with van der Waals surface area (Å²) < 4.78 is 38.9. The van der Waals surface area contributed by atoms with Crippen LogP contribution in [0.25, 0.3) is 0 Å². The molecule has 0 heterocycles. The highest BCUT2D eigenvalue weighted by molar-refractivity contribution is 7.86. The molecule has 0 N–H and O–H groups in total. The summed E-state index contributed by atoms with van der Waals surface area (Å²) in [6, 6.07) is 8.14. The molecule has 114 valence electrons. The zero-order valence-electron chi connectivity index (χ0n) is 11.8. The number of unbranched alkanes of at least 4 members (excludes halogenated alkanes) is 1. The third-order valence-electron chi connectivity index (χ3n) is 2.53. The quantitative estimate of drug-likeness (QED) is 0.463. The molecule has 0 aromatic heterocycles. The molecular formula is C14H22O5S. The van der Waals surface area contributed by atoms with Gasteiger partial charge < -0.3 is 9.47 Å². The number of hydrogen-bond donors (Lipinski definition) is 0. The molecule has 5 nitrogen and oxygen atoms in total.